The van der Waals surface area contributed by atoms with E-state index < -0.39 is 0 Å². The molecule has 0 radical (unpaired) electrons. The molecule has 8 nitrogen and oxygen atoms in total. The van der Waals surface area contributed by atoms with Crippen molar-refractivity contribution in [1.82, 2.24) is 24.6 Å². The predicted molar refractivity (Wildman–Crippen MR) is 125 cm³/mol. The lowest BCUT2D eigenvalue weighted by molar-refractivity contribution is -0.132. The summed E-state index contributed by atoms with van der Waals surface area (Å²) in [6.45, 7) is 7.39. The maximum Gasteiger partial charge on any atom is 0.233 e. The van der Waals surface area contributed by atoms with Gasteiger partial charge in [-0.2, -0.15) is 5.10 Å². The lowest BCUT2D eigenvalue weighted by atomic mass is 10.0. The third kappa shape index (κ3) is 4.39. The standard InChI is InChI=1S/C23H30N6O2S/c1-4-16-8-6-7-13-28(16)19(30)14-32-23-25-22-20(15(3)26-27-22)21(24)29(23)17-9-11-18(12-10-17)31-5-2/h9-12,16,24H,4-8,13-14H2,1-3H3,(H,26,27)/t16-/m1/s1. The molecule has 1 aliphatic heterocycles. The number of likely N-dealkylation sites (tertiary alicyclic amines) is 1. The Balaban J connectivity index is 1.68. The Morgan fingerprint density at radius 1 is 1.28 bits per heavy atom. The molecule has 0 unspecified atom stereocenters. The first kappa shape index (κ1) is 22.4. The van der Waals surface area contributed by atoms with Gasteiger partial charge in [-0.05, 0) is 63.8 Å². The second kappa shape index (κ2) is 9.77. The van der Waals surface area contributed by atoms with E-state index in [1.54, 1.807) is 4.57 Å². The number of piperidine rings is 1. The first-order valence-corrected chi connectivity index (χ1v) is 12.2. The number of aromatic nitrogens is 4. The lowest BCUT2D eigenvalue weighted by Crippen LogP contribution is -2.44. The maximum atomic E-state index is 13.0. The number of carbonyl (C=O) groups excluding carboxylic acids is 1. The minimum Gasteiger partial charge on any atom is -0.494 e. The minimum absolute atomic E-state index is 0.131. The summed E-state index contributed by atoms with van der Waals surface area (Å²) in [7, 11) is 0. The van der Waals surface area contributed by atoms with Gasteiger partial charge in [-0.15, -0.1) is 0 Å². The van der Waals surface area contributed by atoms with Gasteiger partial charge in [-0.1, -0.05) is 18.7 Å². The van der Waals surface area contributed by atoms with Gasteiger partial charge >= 0.3 is 0 Å². The number of amides is 1. The van der Waals surface area contributed by atoms with E-state index in [9.17, 15) is 4.79 Å². The molecule has 1 saturated heterocycles. The zero-order chi connectivity index (χ0) is 22.7. The topological polar surface area (TPSA) is 99.9 Å². The van der Waals surface area contributed by atoms with Crippen LogP contribution in [0.2, 0.25) is 0 Å². The van der Waals surface area contributed by atoms with Crippen molar-refractivity contribution in [1.29, 1.82) is 5.41 Å². The van der Waals surface area contributed by atoms with Crippen molar-refractivity contribution in [3.63, 3.8) is 0 Å². The van der Waals surface area contributed by atoms with Crippen molar-refractivity contribution in [2.24, 2.45) is 0 Å². The number of aromatic amines is 1. The van der Waals surface area contributed by atoms with Gasteiger partial charge in [0.05, 0.1) is 17.7 Å². The number of hydrogen-bond donors (Lipinski definition) is 2. The number of benzene rings is 1. The van der Waals surface area contributed by atoms with E-state index in [1.165, 1.54) is 18.2 Å². The Hall–Kier alpha value is -2.81. The number of ether oxygens (including phenoxy) is 1. The fourth-order valence-corrected chi connectivity index (χ4v) is 5.18. The van der Waals surface area contributed by atoms with E-state index in [-0.39, 0.29) is 11.7 Å². The van der Waals surface area contributed by atoms with Gasteiger partial charge < -0.3 is 9.64 Å². The SMILES string of the molecule is CCOc1ccc(-n2c(SCC(=O)N3CCCC[C@H]3CC)nc3n[nH]c(C)c3c2=N)cc1. The number of nitrogens with zero attached hydrogens (tertiary/aromatic N) is 4. The van der Waals surface area contributed by atoms with Crippen molar-refractivity contribution in [2.75, 3.05) is 18.9 Å². The van der Waals surface area contributed by atoms with Crippen LogP contribution in [0.25, 0.3) is 16.7 Å². The molecular weight excluding hydrogens is 424 g/mol. The van der Waals surface area contributed by atoms with Crippen LogP contribution in [0.4, 0.5) is 0 Å². The van der Waals surface area contributed by atoms with E-state index in [0.717, 1.165) is 42.9 Å². The van der Waals surface area contributed by atoms with Gasteiger partial charge in [-0.25, -0.2) is 4.98 Å². The number of H-pyrrole nitrogens is 1. The van der Waals surface area contributed by atoms with Crippen LogP contribution < -0.4 is 10.2 Å². The van der Waals surface area contributed by atoms with Crippen molar-refractivity contribution in [2.45, 2.75) is 57.7 Å². The number of carbonyl (C=O) groups is 1. The summed E-state index contributed by atoms with van der Waals surface area (Å²) in [6.07, 6.45) is 4.31. The molecule has 0 saturated carbocycles. The van der Waals surface area contributed by atoms with Crippen LogP contribution in [0.5, 0.6) is 5.75 Å². The summed E-state index contributed by atoms with van der Waals surface area (Å²) >= 11 is 1.36. The van der Waals surface area contributed by atoms with E-state index in [0.29, 0.717) is 34.3 Å². The molecule has 32 heavy (non-hydrogen) atoms. The molecule has 170 valence electrons. The van der Waals surface area contributed by atoms with Gasteiger partial charge in [0.2, 0.25) is 5.91 Å². The average molecular weight is 455 g/mol. The number of aryl methyl sites for hydroxylation is 1. The van der Waals surface area contributed by atoms with Gasteiger partial charge in [0.25, 0.3) is 0 Å². The highest BCUT2D eigenvalue weighted by molar-refractivity contribution is 7.99. The molecule has 1 fully saturated rings. The Labute approximate surface area is 191 Å². The molecule has 1 aliphatic rings. The van der Waals surface area contributed by atoms with E-state index >= 15 is 0 Å². The molecule has 2 N–H and O–H groups in total. The summed E-state index contributed by atoms with van der Waals surface area (Å²) in [5.74, 6) is 1.19. The number of hydrogen-bond acceptors (Lipinski definition) is 6. The van der Waals surface area contributed by atoms with Crippen LogP contribution in [-0.2, 0) is 4.79 Å². The molecule has 4 rings (SSSR count). The molecular formula is C23H30N6O2S. The smallest absolute Gasteiger partial charge is 0.233 e. The first-order chi connectivity index (χ1) is 15.5. The molecule has 3 heterocycles. The summed E-state index contributed by atoms with van der Waals surface area (Å²) in [5, 5.41) is 17.3. The highest BCUT2D eigenvalue weighted by Gasteiger charge is 2.26. The third-order valence-electron chi connectivity index (χ3n) is 5.93. The molecule has 1 amide bonds. The highest BCUT2D eigenvalue weighted by Crippen LogP contribution is 2.25. The fourth-order valence-electron chi connectivity index (χ4n) is 4.29. The summed E-state index contributed by atoms with van der Waals surface area (Å²) < 4.78 is 7.34. The largest absolute Gasteiger partial charge is 0.494 e. The normalized spacial score (nSPS) is 16.5. The van der Waals surface area contributed by atoms with Gasteiger partial charge in [0.1, 0.15) is 11.2 Å². The van der Waals surface area contributed by atoms with Gasteiger partial charge in [0.15, 0.2) is 10.8 Å². The molecule has 2 aromatic heterocycles. The average Bonchev–Trinajstić information content (AvgIpc) is 3.19. The third-order valence-corrected chi connectivity index (χ3v) is 6.85. The number of thioether (sulfide) groups is 1. The minimum atomic E-state index is 0.131. The van der Waals surface area contributed by atoms with Crippen molar-refractivity contribution < 1.29 is 9.53 Å². The molecule has 9 heteroatoms. The summed E-state index contributed by atoms with van der Waals surface area (Å²) in [4.78, 5) is 19.8. The van der Waals surface area contributed by atoms with Crippen LogP contribution in [-0.4, -0.2) is 55.5 Å². The van der Waals surface area contributed by atoms with Crippen LogP contribution in [0.1, 0.15) is 45.2 Å². The number of rotatable bonds is 7. The summed E-state index contributed by atoms with van der Waals surface area (Å²) in [5.41, 5.74) is 2.38. The molecule has 1 aromatic carbocycles. The van der Waals surface area contributed by atoms with Crippen LogP contribution in [0, 0.1) is 12.3 Å². The van der Waals surface area contributed by atoms with E-state index in [2.05, 4.69) is 17.1 Å². The van der Waals surface area contributed by atoms with E-state index in [1.807, 2.05) is 43.0 Å². The predicted octanol–water partition coefficient (Wildman–Crippen LogP) is 3.82. The Morgan fingerprint density at radius 2 is 2.06 bits per heavy atom. The Kier molecular flexibility index (Phi) is 6.83. The second-order valence-corrected chi connectivity index (χ2v) is 8.93. The van der Waals surface area contributed by atoms with Crippen molar-refractivity contribution >= 4 is 28.7 Å². The molecule has 0 bridgehead atoms. The van der Waals surface area contributed by atoms with Crippen LogP contribution >= 0.6 is 11.8 Å². The maximum absolute atomic E-state index is 13.0. The quantitative estimate of drug-likeness (QED) is 0.418. The Morgan fingerprint density at radius 3 is 2.78 bits per heavy atom. The summed E-state index contributed by atoms with van der Waals surface area (Å²) in [6, 6.07) is 7.92. The van der Waals surface area contributed by atoms with Crippen LogP contribution in [0.15, 0.2) is 29.4 Å². The Bertz CT molecular complexity index is 1150. The first-order valence-electron chi connectivity index (χ1n) is 11.2. The fraction of sp³-hybridized carbons (Fsp3) is 0.478. The molecule has 0 spiro atoms. The molecule has 3 aromatic rings. The van der Waals surface area contributed by atoms with Crippen molar-refractivity contribution in [3.05, 3.63) is 35.4 Å². The molecule has 0 aliphatic carbocycles. The van der Waals surface area contributed by atoms with Crippen molar-refractivity contribution in [3.8, 4) is 11.4 Å². The highest BCUT2D eigenvalue weighted by atomic mass is 32.2. The van der Waals surface area contributed by atoms with Gasteiger partial charge in [-0.3, -0.25) is 19.9 Å². The monoisotopic (exact) mass is 454 g/mol. The second-order valence-electron chi connectivity index (χ2n) is 7.99. The zero-order valence-electron chi connectivity index (χ0n) is 18.9. The number of fused-ring (bicyclic) bond motifs is 1. The van der Waals surface area contributed by atoms with E-state index in [4.69, 9.17) is 15.1 Å². The van der Waals surface area contributed by atoms with Gasteiger partial charge in [0, 0.05) is 24.0 Å². The molecule has 1 atom stereocenters. The lowest BCUT2D eigenvalue weighted by Gasteiger charge is -2.35. The number of nitrogens with one attached hydrogen (secondary N) is 2. The zero-order valence-corrected chi connectivity index (χ0v) is 19.7. The van der Waals surface area contributed by atoms with Crippen LogP contribution in [0.3, 0.4) is 0 Å².